The van der Waals surface area contributed by atoms with Crippen LogP contribution in [0.25, 0.3) is 0 Å². The van der Waals surface area contributed by atoms with Gasteiger partial charge in [-0.15, -0.1) is 0 Å². The van der Waals surface area contributed by atoms with Crippen LogP contribution in [0.15, 0.2) is 0 Å². The molecule has 14 heavy (non-hydrogen) atoms. The van der Waals surface area contributed by atoms with Crippen molar-refractivity contribution in [3.8, 4) is 0 Å². The summed E-state index contributed by atoms with van der Waals surface area (Å²) in [4.78, 5) is 11.7. The molecule has 1 amide bonds. The summed E-state index contributed by atoms with van der Waals surface area (Å²) in [6, 6.07) is 0. The quantitative estimate of drug-likeness (QED) is 0.502. The van der Waals surface area contributed by atoms with E-state index in [-0.39, 0.29) is 11.8 Å². The molecule has 0 spiro atoms. The highest BCUT2D eigenvalue weighted by Crippen LogP contribution is 1.99. The number of carbonyl (C=O) groups is 1. The lowest BCUT2D eigenvalue weighted by Crippen LogP contribution is -2.33. The molecule has 0 aromatic carbocycles. The SMILES string of the molecule is CCCCCC(=O)NCC(C)C(N)=S. The summed E-state index contributed by atoms with van der Waals surface area (Å²) >= 11 is 4.80. The van der Waals surface area contributed by atoms with E-state index in [4.69, 9.17) is 18.0 Å². The van der Waals surface area contributed by atoms with Gasteiger partial charge in [-0.2, -0.15) is 0 Å². The molecular weight excluding hydrogens is 196 g/mol. The largest absolute Gasteiger partial charge is 0.393 e. The Morgan fingerprint density at radius 1 is 1.50 bits per heavy atom. The minimum absolute atomic E-state index is 0.0834. The summed E-state index contributed by atoms with van der Waals surface area (Å²) < 4.78 is 0. The first-order valence-corrected chi connectivity index (χ1v) is 5.54. The fraction of sp³-hybridized carbons (Fsp3) is 0.800. The number of amides is 1. The Morgan fingerprint density at radius 2 is 2.14 bits per heavy atom. The molecule has 3 nitrogen and oxygen atoms in total. The van der Waals surface area contributed by atoms with Crippen LogP contribution in [0, 0.1) is 5.92 Å². The average molecular weight is 216 g/mol. The number of carbonyl (C=O) groups excluding carboxylic acids is 1. The Labute approximate surface area is 91.4 Å². The lowest BCUT2D eigenvalue weighted by molar-refractivity contribution is -0.121. The number of thiocarbonyl (C=S) groups is 1. The van der Waals surface area contributed by atoms with Crippen LogP contribution in [0.4, 0.5) is 0 Å². The van der Waals surface area contributed by atoms with E-state index in [1.54, 1.807) is 0 Å². The van der Waals surface area contributed by atoms with Gasteiger partial charge in [0.2, 0.25) is 5.91 Å². The lowest BCUT2D eigenvalue weighted by atomic mass is 10.1. The third-order valence-corrected chi connectivity index (χ3v) is 2.50. The van der Waals surface area contributed by atoms with Gasteiger partial charge in [0.1, 0.15) is 0 Å². The molecule has 1 atom stereocenters. The Hall–Kier alpha value is -0.640. The second-order valence-corrected chi connectivity index (χ2v) is 4.04. The maximum Gasteiger partial charge on any atom is 0.220 e. The van der Waals surface area contributed by atoms with Gasteiger partial charge < -0.3 is 11.1 Å². The molecular formula is C10H20N2OS. The number of nitrogens with one attached hydrogen (secondary N) is 1. The normalized spacial score (nSPS) is 12.1. The van der Waals surface area contributed by atoms with Crippen molar-refractivity contribution < 1.29 is 4.79 Å². The van der Waals surface area contributed by atoms with E-state index in [1.807, 2.05) is 6.92 Å². The van der Waals surface area contributed by atoms with E-state index in [2.05, 4.69) is 12.2 Å². The molecule has 82 valence electrons. The van der Waals surface area contributed by atoms with Crippen molar-refractivity contribution in [3.05, 3.63) is 0 Å². The van der Waals surface area contributed by atoms with Crippen molar-refractivity contribution >= 4 is 23.1 Å². The second kappa shape index (κ2) is 7.74. The number of hydrogen-bond donors (Lipinski definition) is 2. The van der Waals surface area contributed by atoms with Gasteiger partial charge in [-0.05, 0) is 6.42 Å². The first kappa shape index (κ1) is 13.4. The monoisotopic (exact) mass is 216 g/mol. The summed E-state index contributed by atoms with van der Waals surface area (Å²) in [5.41, 5.74) is 5.42. The maximum atomic E-state index is 11.2. The van der Waals surface area contributed by atoms with Gasteiger partial charge in [-0.1, -0.05) is 38.9 Å². The van der Waals surface area contributed by atoms with Crippen LogP contribution in [-0.4, -0.2) is 17.4 Å². The molecule has 0 radical (unpaired) electrons. The lowest BCUT2D eigenvalue weighted by Gasteiger charge is -2.10. The van der Waals surface area contributed by atoms with E-state index in [0.717, 1.165) is 19.3 Å². The molecule has 4 heteroatoms. The Morgan fingerprint density at radius 3 is 2.64 bits per heavy atom. The molecule has 3 N–H and O–H groups in total. The molecule has 0 aliphatic heterocycles. The average Bonchev–Trinajstić information content (AvgIpc) is 2.14. The highest BCUT2D eigenvalue weighted by Gasteiger charge is 2.06. The fourth-order valence-electron chi connectivity index (χ4n) is 0.991. The second-order valence-electron chi connectivity index (χ2n) is 3.56. The van der Waals surface area contributed by atoms with Crippen molar-refractivity contribution in [1.82, 2.24) is 5.32 Å². The van der Waals surface area contributed by atoms with Gasteiger partial charge in [-0.25, -0.2) is 0 Å². The molecule has 0 aromatic rings. The molecule has 0 rings (SSSR count). The van der Waals surface area contributed by atoms with Crippen molar-refractivity contribution in [1.29, 1.82) is 0 Å². The molecule has 0 aromatic heterocycles. The number of hydrogen-bond acceptors (Lipinski definition) is 2. The fourth-order valence-corrected chi connectivity index (χ4v) is 1.07. The Bertz CT molecular complexity index is 195. The summed E-state index contributed by atoms with van der Waals surface area (Å²) in [7, 11) is 0. The van der Waals surface area contributed by atoms with E-state index >= 15 is 0 Å². The van der Waals surface area contributed by atoms with E-state index in [1.165, 1.54) is 0 Å². The topological polar surface area (TPSA) is 55.1 Å². The van der Waals surface area contributed by atoms with Gasteiger partial charge >= 0.3 is 0 Å². The van der Waals surface area contributed by atoms with Gasteiger partial charge in [0.05, 0.1) is 4.99 Å². The number of unbranched alkanes of at least 4 members (excludes halogenated alkanes) is 2. The zero-order chi connectivity index (χ0) is 11.0. The smallest absolute Gasteiger partial charge is 0.220 e. The van der Waals surface area contributed by atoms with Crippen LogP contribution in [0.1, 0.15) is 39.5 Å². The van der Waals surface area contributed by atoms with Gasteiger partial charge in [0.25, 0.3) is 0 Å². The minimum Gasteiger partial charge on any atom is -0.393 e. The van der Waals surface area contributed by atoms with E-state index < -0.39 is 0 Å². The molecule has 0 bridgehead atoms. The van der Waals surface area contributed by atoms with Crippen LogP contribution in [-0.2, 0) is 4.79 Å². The zero-order valence-electron chi connectivity index (χ0n) is 9.01. The van der Waals surface area contributed by atoms with Gasteiger partial charge in [-0.3, -0.25) is 4.79 Å². The predicted molar refractivity (Wildman–Crippen MR) is 63.1 cm³/mol. The third kappa shape index (κ3) is 6.83. The summed E-state index contributed by atoms with van der Waals surface area (Å²) in [5, 5.41) is 2.82. The van der Waals surface area contributed by atoms with Crippen molar-refractivity contribution in [2.24, 2.45) is 11.7 Å². The van der Waals surface area contributed by atoms with Crippen LogP contribution in [0.5, 0.6) is 0 Å². The van der Waals surface area contributed by atoms with Gasteiger partial charge in [0.15, 0.2) is 0 Å². The molecule has 0 heterocycles. The summed E-state index contributed by atoms with van der Waals surface area (Å²) in [6.45, 7) is 4.59. The van der Waals surface area contributed by atoms with E-state index in [0.29, 0.717) is 18.0 Å². The first-order valence-electron chi connectivity index (χ1n) is 5.14. The van der Waals surface area contributed by atoms with Crippen molar-refractivity contribution in [2.45, 2.75) is 39.5 Å². The highest BCUT2D eigenvalue weighted by atomic mass is 32.1. The Kier molecular flexibility index (Phi) is 7.38. The first-order chi connectivity index (χ1) is 6.57. The van der Waals surface area contributed by atoms with Crippen LogP contribution in [0.2, 0.25) is 0 Å². The summed E-state index contributed by atoms with van der Waals surface area (Å²) in [5.74, 6) is 0.182. The number of rotatable bonds is 7. The van der Waals surface area contributed by atoms with E-state index in [9.17, 15) is 4.79 Å². The number of nitrogens with two attached hydrogens (primary N) is 1. The van der Waals surface area contributed by atoms with Crippen LogP contribution >= 0.6 is 12.2 Å². The molecule has 0 aliphatic carbocycles. The molecule has 0 saturated heterocycles. The van der Waals surface area contributed by atoms with Gasteiger partial charge in [0, 0.05) is 18.9 Å². The standard InChI is InChI=1S/C10H20N2OS/c1-3-4-5-6-9(13)12-7-8(2)10(11)14/h8H,3-7H2,1-2H3,(H2,11,14)(H,12,13). The third-order valence-electron chi connectivity index (χ3n) is 2.10. The molecule has 1 unspecified atom stereocenters. The summed E-state index contributed by atoms with van der Waals surface area (Å²) in [6.07, 6.45) is 3.82. The predicted octanol–water partition coefficient (Wildman–Crippen LogP) is 1.61. The molecule has 0 saturated carbocycles. The van der Waals surface area contributed by atoms with Crippen molar-refractivity contribution in [2.75, 3.05) is 6.54 Å². The van der Waals surface area contributed by atoms with Crippen LogP contribution < -0.4 is 11.1 Å². The molecule has 0 aliphatic rings. The minimum atomic E-state index is 0.0834. The van der Waals surface area contributed by atoms with Crippen LogP contribution in [0.3, 0.4) is 0 Å². The highest BCUT2D eigenvalue weighted by molar-refractivity contribution is 7.80. The Balaban J connectivity index is 3.48. The van der Waals surface area contributed by atoms with Crippen molar-refractivity contribution in [3.63, 3.8) is 0 Å². The zero-order valence-corrected chi connectivity index (χ0v) is 9.82. The maximum absolute atomic E-state index is 11.2. The molecule has 0 fully saturated rings.